The van der Waals surface area contributed by atoms with Gasteiger partial charge in [-0.3, -0.25) is 0 Å². The molecule has 0 saturated carbocycles. The van der Waals surface area contributed by atoms with Gasteiger partial charge in [0.2, 0.25) is 0 Å². The van der Waals surface area contributed by atoms with Gasteiger partial charge in [-0.05, 0) is 84.8 Å². The zero-order valence-corrected chi connectivity index (χ0v) is 11.6. The molecular formula is C14H29N3. The minimum atomic E-state index is 0.836. The Labute approximate surface area is 107 Å². The van der Waals surface area contributed by atoms with Crippen molar-refractivity contribution in [1.29, 1.82) is 0 Å². The first-order valence-electron chi connectivity index (χ1n) is 7.35. The summed E-state index contributed by atoms with van der Waals surface area (Å²) in [5.41, 5.74) is 0. The van der Waals surface area contributed by atoms with E-state index in [-0.39, 0.29) is 0 Å². The van der Waals surface area contributed by atoms with Gasteiger partial charge in [0.1, 0.15) is 0 Å². The second-order valence-corrected chi connectivity index (χ2v) is 6.02. The van der Waals surface area contributed by atoms with Crippen LogP contribution in [-0.2, 0) is 0 Å². The maximum Gasteiger partial charge on any atom is 0.0117 e. The largest absolute Gasteiger partial charge is 0.316 e. The van der Waals surface area contributed by atoms with Crippen molar-refractivity contribution in [3.8, 4) is 0 Å². The summed E-state index contributed by atoms with van der Waals surface area (Å²) >= 11 is 0. The Morgan fingerprint density at radius 2 is 2.00 bits per heavy atom. The lowest BCUT2D eigenvalue weighted by Gasteiger charge is -2.36. The quantitative estimate of drug-likeness (QED) is 0.800. The molecule has 0 aromatic heterocycles. The van der Waals surface area contributed by atoms with E-state index in [9.17, 15) is 0 Å². The lowest BCUT2D eigenvalue weighted by Crippen LogP contribution is -2.43. The second-order valence-electron chi connectivity index (χ2n) is 6.02. The molecule has 1 atom stereocenters. The van der Waals surface area contributed by atoms with Crippen molar-refractivity contribution in [3.63, 3.8) is 0 Å². The van der Waals surface area contributed by atoms with E-state index < -0.39 is 0 Å². The molecule has 0 aliphatic carbocycles. The Morgan fingerprint density at radius 3 is 2.65 bits per heavy atom. The van der Waals surface area contributed by atoms with Crippen molar-refractivity contribution in [2.45, 2.75) is 38.1 Å². The first kappa shape index (κ1) is 13.3. The lowest BCUT2D eigenvalue weighted by atomic mass is 9.95. The Kier molecular flexibility index (Phi) is 5.26. The summed E-state index contributed by atoms with van der Waals surface area (Å²) in [6, 6.07) is 0.836. The number of rotatable bonds is 4. The monoisotopic (exact) mass is 239 g/mol. The zero-order chi connectivity index (χ0) is 12.1. The molecule has 3 heteroatoms. The summed E-state index contributed by atoms with van der Waals surface area (Å²) in [6.45, 7) is 6.34. The standard InChI is InChI=1S/C14H29N3/c1-16-9-6-14(7-10-16)17(2)11-5-13-4-3-8-15-12-13/h13-15H,3-12H2,1-2H3/t13-/m0/s1. The number of hydrogen-bond donors (Lipinski definition) is 1. The molecule has 0 aromatic rings. The zero-order valence-electron chi connectivity index (χ0n) is 11.6. The highest BCUT2D eigenvalue weighted by molar-refractivity contribution is 4.78. The van der Waals surface area contributed by atoms with E-state index in [0.717, 1.165) is 12.0 Å². The lowest BCUT2D eigenvalue weighted by molar-refractivity contribution is 0.136. The van der Waals surface area contributed by atoms with Crippen molar-refractivity contribution in [2.75, 3.05) is 46.8 Å². The molecule has 0 radical (unpaired) electrons. The average Bonchev–Trinajstić information content (AvgIpc) is 2.38. The maximum atomic E-state index is 3.52. The van der Waals surface area contributed by atoms with Gasteiger partial charge in [0.15, 0.2) is 0 Å². The van der Waals surface area contributed by atoms with Gasteiger partial charge in [-0.2, -0.15) is 0 Å². The van der Waals surface area contributed by atoms with Crippen LogP contribution in [0, 0.1) is 5.92 Å². The normalized spacial score (nSPS) is 28.8. The molecular weight excluding hydrogens is 210 g/mol. The second kappa shape index (κ2) is 6.72. The predicted molar refractivity (Wildman–Crippen MR) is 73.4 cm³/mol. The van der Waals surface area contributed by atoms with Crippen LogP contribution in [0.1, 0.15) is 32.1 Å². The van der Waals surface area contributed by atoms with Gasteiger partial charge in [0.05, 0.1) is 0 Å². The van der Waals surface area contributed by atoms with E-state index in [2.05, 4.69) is 29.2 Å². The number of nitrogens with zero attached hydrogens (tertiary/aromatic N) is 2. The van der Waals surface area contributed by atoms with Gasteiger partial charge in [-0.25, -0.2) is 0 Å². The van der Waals surface area contributed by atoms with Crippen LogP contribution in [0.25, 0.3) is 0 Å². The Balaban J connectivity index is 1.64. The van der Waals surface area contributed by atoms with Crippen LogP contribution in [0.15, 0.2) is 0 Å². The average molecular weight is 239 g/mol. The molecule has 100 valence electrons. The van der Waals surface area contributed by atoms with Crippen molar-refractivity contribution >= 4 is 0 Å². The molecule has 0 bridgehead atoms. The van der Waals surface area contributed by atoms with Crippen LogP contribution in [0.5, 0.6) is 0 Å². The number of likely N-dealkylation sites (tertiary alicyclic amines) is 1. The van der Waals surface area contributed by atoms with E-state index in [1.165, 1.54) is 64.8 Å². The number of hydrogen-bond acceptors (Lipinski definition) is 3. The van der Waals surface area contributed by atoms with Crippen molar-refractivity contribution in [2.24, 2.45) is 5.92 Å². The third-order valence-corrected chi connectivity index (χ3v) is 4.60. The molecule has 2 heterocycles. The minimum Gasteiger partial charge on any atom is -0.316 e. The van der Waals surface area contributed by atoms with Crippen LogP contribution in [0.2, 0.25) is 0 Å². The first-order valence-corrected chi connectivity index (χ1v) is 7.35. The predicted octanol–water partition coefficient (Wildman–Crippen LogP) is 1.40. The fraction of sp³-hybridized carbons (Fsp3) is 1.00. The van der Waals surface area contributed by atoms with Gasteiger partial charge in [0.25, 0.3) is 0 Å². The van der Waals surface area contributed by atoms with Crippen LogP contribution >= 0.6 is 0 Å². The summed E-state index contributed by atoms with van der Waals surface area (Å²) in [4.78, 5) is 5.07. The molecule has 3 nitrogen and oxygen atoms in total. The highest BCUT2D eigenvalue weighted by atomic mass is 15.2. The molecule has 0 unspecified atom stereocenters. The van der Waals surface area contributed by atoms with Gasteiger partial charge in [-0.15, -0.1) is 0 Å². The van der Waals surface area contributed by atoms with Crippen LogP contribution in [-0.4, -0.2) is 62.7 Å². The molecule has 0 amide bonds. The third kappa shape index (κ3) is 4.23. The molecule has 0 aromatic carbocycles. The highest BCUT2D eigenvalue weighted by Crippen LogP contribution is 2.18. The first-order chi connectivity index (χ1) is 8.25. The number of nitrogens with one attached hydrogen (secondary N) is 1. The van der Waals surface area contributed by atoms with E-state index >= 15 is 0 Å². The van der Waals surface area contributed by atoms with Gasteiger partial charge >= 0.3 is 0 Å². The van der Waals surface area contributed by atoms with Crippen LogP contribution < -0.4 is 5.32 Å². The molecule has 2 fully saturated rings. The topological polar surface area (TPSA) is 18.5 Å². The summed E-state index contributed by atoms with van der Waals surface area (Å²) in [6.07, 6.45) is 6.92. The van der Waals surface area contributed by atoms with Crippen LogP contribution in [0.3, 0.4) is 0 Å². The van der Waals surface area contributed by atoms with Gasteiger partial charge in [-0.1, -0.05) is 0 Å². The van der Waals surface area contributed by atoms with E-state index in [1.807, 2.05) is 0 Å². The fourth-order valence-electron chi connectivity index (χ4n) is 3.17. The molecule has 2 rings (SSSR count). The van der Waals surface area contributed by atoms with Crippen molar-refractivity contribution in [1.82, 2.24) is 15.1 Å². The Morgan fingerprint density at radius 1 is 1.24 bits per heavy atom. The van der Waals surface area contributed by atoms with Crippen molar-refractivity contribution < 1.29 is 0 Å². The van der Waals surface area contributed by atoms with Crippen LogP contribution in [0.4, 0.5) is 0 Å². The molecule has 17 heavy (non-hydrogen) atoms. The molecule has 0 spiro atoms. The SMILES string of the molecule is CN1CCC(N(C)CC[C@@H]2CCCNC2)CC1. The summed E-state index contributed by atoms with van der Waals surface area (Å²) < 4.78 is 0. The summed E-state index contributed by atoms with van der Waals surface area (Å²) in [5.74, 6) is 0.928. The molecule has 2 aliphatic rings. The molecule has 1 N–H and O–H groups in total. The third-order valence-electron chi connectivity index (χ3n) is 4.60. The minimum absolute atomic E-state index is 0.836. The van der Waals surface area contributed by atoms with Crippen molar-refractivity contribution in [3.05, 3.63) is 0 Å². The molecule has 2 saturated heterocycles. The van der Waals surface area contributed by atoms with Gasteiger partial charge < -0.3 is 15.1 Å². The highest BCUT2D eigenvalue weighted by Gasteiger charge is 2.21. The van der Waals surface area contributed by atoms with E-state index in [4.69, 9.17) is 0 Å². The summed E-state index contributed by atoms with van der Waals surface area (Å²) in [7, 11) is 4.57. The maximum absolute atomic E-state index is 3.52. The fourth-order valence-corrected chi connectivity index (χ4v) is 3.17. The Hall–Kier alpha value is -0.120. The summed E-state index contributed by atoms with van der Waals surface area (Å²) in [5, 5.41) is 3.52. The van der Waals surface area contributed by atoms with E-state index in [0.29, 0.717) is 0 Å². The smallest absolute Gasteiger partial charge is 0.0117 e. The van der Waals surface area contributed by atoms with Gasteiger partial charge in [0, 0.05) is 6.04 Å². The Bertz CT molecular complexity index is 206. The molecule has 2 aliphatic heterocycles. The number of piperidine rings is 2. The van der Waals surface area contributed by atoms with E-state index in [1.54, 1.807) is 0 Å².